The molecular weight excluding hydrogens is 480 g/mol. The number of fused-ring (bicyclic) bond motifs is 1. The van der Waals surface area contributed by atoms with Crippen molar-refractivity contribution in [2.45, 2.75) is 51.7 Å². The first-order valence-corrected chi connectivity index (χ1v) is 12.8. The van der Waals surface area contributed by atoms with E-state index in [1.165, 1.54) is 7.11 Å². The Hall–Kier alpha value is -3.40. The number of imidazole rings is 1. The van der Waals surface area contributed by atoms with E-state index in [0.29, 0.717) is 28.8 Å². The van der Waals surface area contributed by atoms with Crippen molar-refractivity contribution in [3.63, 3.8) is 0 Å². The number of thiophene rings is 1. The molecule has 9 nitrogen and oxygen atoms in total. The van der Waals surface area contributed by atoms with E-state index in [9.17, 15) is 14.4 Å². The molecule has 5 rings (SSSR count). The number of rotatable bonds is 4. The molecule has 1 aliphatic carbocycles. The first-order valence-electron chi connectivity index (χ1n) is 12.0. The lowest BCUT2D eigenvalue weighted by atomic mass is 9.65. The number of ether oxygens (including phenoxy) is 2. The SMILES string of the molecule is COC(=O)c1ccc(C(=O)Nc2nc3ccccc3n2C2CC3(CCN(C(=O)OC(C)(C)C)C3)C2)s1. The first-order chi connectivity index (χ1) is 17.1. The van der Waals surface area contributed by atoms with Gasteiger partial charge in [-0.05, 0) is 69.7 Å². The van der Waals surface area contributed by atoms with Gasteiger partial charge in [0.1, 0.15) is 10.5 Å². The van der Waals surface area contributed by atoms with Crippen molar-refractivity contribution in [3.8, 4) is 0 Å². The van der Waals surface area contributed by atoms with Crippen molar-refractivity contribution in [3.05, 3.63) is 46.2 Å². The zero-order valence-electron chi connectivity index (χ0n) is 20.9. The molecule has 1 aliphatic heterocycles. The number of benzene rings is 1. The summed E-state index contributed by atoms with van der Waals surface area (Å²) in [6.07, 6.45) is 2.45. The van der Waals surface area contributed by atoms with Crippen LogP contribution in [0.4, 0.5) is 10.7 Å². The Morgan fingerprint density at radius 3 is 2.56 bits per heavy atom. The molecule has 3 aromatic rings. The van der Waals surface area contributed by atoms with Crippen LogP contribution in [0.3, 0.4) is 0 Å². The lowest BCUT2D eigenvalue weighted by Crippen LogP contribution is -2.43. The fourth-order valence-corrected chi connectivity index (χ4v) is 6.03. The highest BCUT2D eigenvalue weighted by Crippen LogP contribution is 2.55. The molecule has 3 heterocycles. The fraction of sp³-hybridized carbons (Fsp3) is 0.462. The smallest absolute Gasteiger partial charge is 0.410 e. The van der Waals surface area contributed by atoms with Crippen LogP contribution in [0, 0.1) is 5.41 Å². The lowest BCUT2D eigenvalue weighted by molar-refractivity contribution is 0.0199. The number of anilines is 1. The summed E-state index contributed by atoms with van der Waals surface area (Å²) in [4.78, 5) is 44.6. The number of likely N-dealkylation sites (tertiary alicyclic amines) is 1. The van der Waals surface area contributed by atoms with Gasteiger partial charge >= 0.3 is 12.1 Å². The normalized spacial score (nSPS) is 21.4. The average molecular weight is 511 g/mol. The number of carbonyl (C=O) groups excluding carboxylic acids is 3. The summed E-state index contributed by atoms with van der Waals surface area (Å²) < 4.78 is 12.4. The maximum atomic E-state index is 13.0. The van der Waals surface area contributed by atoms with Crippen LogP contribution in [0.1, 0.15) is 65.4 Å². The fourth-order valence-electron chi connectivity index (χ4n) is 5.21. The number of methoxy groups -OCH3 is 1. The van der Waals surface area contributed by atoms with Crippen LogP contribution in [0.5, 0.6) is 0 Å². The summed E-state index contributed by atoms with van der Waals surface area (Å²) in [5.74, 6) is -0.308. The summed E-state index contributed by atoms with van der Waals surface area (Å²) in [7, 11) is 1.31. The zero-order chi connectivity index (χ0) is 25.7. The number of nitrogens with zero attached hydrogens (tertiary/aromatic N) is 3. The Morgan fingerprint density at radius 1 is 1.11 bits per heavy atom. The largest absolute Gasteiger partial charge is 0.465 e. The van der Waals surface area contributed by atoms with Gasteiger partial charge in [0, 0.05) is 19.1 Å². The Labute approximate surface area is 213 Å². The quantitative estimate of drug-likeness (QED) is 0.490. The molecule has 0 bridgehead atoms. The van der Waals surface area contributed by atoms with Crippen molar-refractivity contribution < 1.29 is 23.9 Å². The summed E-state index contributed by atoms with van der Waals surface area (Å²) >= 11 is 1.08. The number of amides is 2. The number of esters is 1. The summed E-state index contributed by atoms with van der Waals surface area (Å²) in [5.41, 5.74) is 1.29. The van der Waals surface area contributed by atoms with Gasteiger partial charge in [-0.15, -0.1) is 11.3 Å². The summed E-state index contributed by atoms with van der Waals surface area (Å²) in [6, 6.07) is 11.2. The van der Waals surface area contributed by atoms with Gasteiger partial charge in [-0.1, -0.05) is 12.1 Å². The van der Waals surface area contributed by atoms with Crippen molar-refractivity contribution in [2.24, 2.45) is 5.41 Å². The molecular formula is C26H30N4O5S. The molecule has 0 unspecified atom stereocenters. The molecule has 2 aromatic heterocycles. The van der Waals surface area contributed by atoms with Crippen LogP contribution in [0.25, 0.3) is 11.0 Å². The van der Waals surface area contributed by atoms with E-state index in [2.05, 4.69) is 9.88 Å². The molecule has 190 valence electrons. The van der Waals surface area contributed by atoms with E-state index in [0.717, 1.165) is 41.6 Å². The van der Waals surface area contributed by atoms with E-state index in [1.54, 1.807) is 12.1 Å². The molecule has 36 heavy (non-hydrogen) atoms. The lowest BCUT2D eigenvalue weighted by Gasteiger charge is -2.46. The minimum absolute atomic E-state index is 0.0530. The van der Waals surface area contributed by atoms with E-state index < -0.39 is 11.6 Å². The highest BCUT2D eigenvalue weighted by molar-refractivity contribution is 7.16. The predicted molar refractivity (Wildman–Crippen MR) is 136 cm³/mol. The van der Waals surface area contributed by atoms with Gasteiger partial charge in [-0.25, -0.2) is 14.6 Å². The highest BCUT2D eigenvalue weighted by Gasteiger charge is 2.51. The Bertz CT molecular complexity index is 1330. The molecule has 1 saturated carbocycles. The highest BCUT2D eigenvalue weighted by atomic mass is 32.1. The summed E-state index contributed by atoms with van der Waals surface area (Å²) in [5, 5.41) is 2.95. The van der Waals surface area contributed by atoms with Crippen molar-refractivity contribution in [2.75, 3.05) is 25.5 Å². The van der Waals surface area contributed by atoms with Crippen LogP contribution in [0.15, 0.2) is 36.4 Å². The maximum Gasteiger partial charge on any atom is 0.410 e. The summed E-state index contributed by atoms with van der Waals surface area (Å²) in [6.45, 7) is 7.00. The third kappa shape index (κ3) is 4.57. The van der Waals surface area contributed by atoms with E-state index in [1.807, 2.05) is 49.9 Å². The number of carbonyl (C=O) groups is 3. The van der Waals surface area contributed by atoms with Gasteiger partial charge in [0.05, 0.1) is 23.0 Å². The average Bonchev–Trinajstić information content (AvgIpc) is 3.53. The minimum Gasteiger partial charge on any atom is -0.465 e. The number of hydrogen-bond donors (Lipinski definition) is 1. The third-order valence-electron chi connectivity index (χ3n) is 6.83. The maximum absolute atomic E-state index is 13.0. The van der Waals surface area contributed by atoms with Gasteiger partial charge in [0.15, 0.2) is 0 Å². The first kappa shape index (κ1) is 24.3. The molecule has 1 N–H and O–H groups in total. The second-order valence-corrected chi connectivity index (χ2v) is 11.7. The second-order valence-electron chi connectivity index (χ2n) is 10.6. The zero-order valence-corrected chi connectivity index (χ0v) is 21.7. The molecule has 10 heteroatoms. The topological polar surface area (TPSA) is 103 Å². The van der Waals surface area contributed by atoms with Crippen LogP contribution >= 0.6 is 11.3 Å². The predicted octanol–water partition coefficient (Wildman–Crippen LogP) is 5.10. The van der Waals surface area contributed by atoms with Gasteiger partial charge in [-0.3, -0.25) is 10.1 Å². The van der Waals surface area contributed by atoms with E-state index in [4.69, 9.17) is 14.5 Å². The van der Waals surface area contributed by atoms with Gasteiger partial charge < -0.3 is 18.9 Å². The van der Waals surface area contributed by atoms with Gasteiger partial charge in [0.25, 0.3) is 5.91 Å². The Balaban J connectivity index is 1.33. The van der Waals surface area contributed by atoms with E-state index >= 15 is 0 Å². The standard InChI is InChI=1S/C26H30N4O5S/c1-25(2,3)35-24(33)29-12-11-26(15-29)13-16(14-26)30-18-8-6-5-7-17(18)27-23(30)28-21(31)19-9-10-20(36-19)22(32)34-4/h5-10,16H,11-15H2,1-4H3,(H,27,28,31). The van der Waals surface area contributed by atoms with Crippen LogP contribution in [-0.4, -0.2) is 58.2 Å². The Morgan fingerprint density at radius 2 is 1.83 bits per heavy atom. The molecule has 1 aromatic carbocycles. The van der Waals surface area contributed by atoms with Crippen molar-refractivity contribution in [1.82, 2.24) is 14.5 Å². The molecule has 0 radical (unpaired) electrons. The van der Waals surface area contributed by atoms with Crippen LogP contribution in [0.2, 0.25) is 0 Å². The van der Waals surface area contributed by atoms with Crippen LogP contribution < -0.4 is 5.32 Å². The molecule has 1 saturated heterocycles. The molecule has 0 atom stereocenters. The molecule has 1 spiro atoms. The molecule has 2 fully saturated rings. The number of nitrogens with one attached hydrogen (secondary N) is 1. The van der Waals surface area contributed by atoms with Gasteiger partial charge in [0.2, 0.25) is 5.95 Å². The van der Waals surface area contributed by atoms with Gasteiger partial charge in [-0.2, -0.15) is 0 Å². The van der Waals surface area contributed by atoms with Crippen molar-refractivity contribution in [1.29, 1.82) is 0 Å². The third-order valence-corrected chi connectivity index (χ3v) is 7.89. The molecule has 2 aliphatic rings. The number of hydrogen-bond acceptors (Lipinski definition) is 7. The van der Waals surface area contributed by atoms with E-state index in [-0.39, 0.29) is 23.5 Å². The molecule has 2 amide bonds. The van der Waals surface area contributed by atoms with Crippen molar-refractivity contribution >= 4 is 46.3 Å². The minimum atomic E-state index is -0.516. The number of para-hydroxylation sites is 2. The Kier molecular flexibility index (Phi) is 6.02. The second kappa shape index (κ2) is 8.92. The van der Waals surface area contributed by atoms with Crippen LogP contribution in [-0.2, 0) is 9.47 Å². The monoisotopic (exact) mass is 510 g/mol. The number of aromatic nitrogens is 2.